The Bertz CT molecular complexity index is 316. The topological polar surface area (TPSA) is 50.4 Å². The summed E-state index contributed by atoms with van der Waals surface area (Å²) < 4.78 is 5.04. The Hall–Kier alpha value is -1.25. The van der Waals surface area contributed by atoms with Crippen LogP contribution in [0, 0.1) is 5.92 Å². The number of furan rings is 1. The van der Waals surface area contributed by atoms with E-state index in [0.29, 0.717) is 0 Å². The smallest absolute Gasteiger partial charge is 0.307 e. The van der Waals surface area contributed by atoms with Crippen molar-refractivity contribution < 1.29 is 14.3 Å². The highest BCUT2D eigenvalue weighted by Crippen LogP contribution is 2.36. The fourth-order valence-corrected chi connectivity index (χ4v) is 2.49. The molecule has 82 valence electrons. The third-order valence-electron chi connectivity index (χ3n) is 3.30. The summed E-state index contributed by atoms with van der Waals surface area (Å²) in [7, 11) is 0. The van der Waals surface area contributed by atoms with Gasteiger partial charge in [-0.3, -0.25) is 4.79 Å². The van der Waals surface area contributed by atoms with Crippen molar-refractivity contribution in [3.63, 3.8) is 0 Å². The van der Waals surface area contributed by atoms with Gasteiger partial charge in [0.15, 0.2) is 0 Å². The average Bonchev–Trinajstić information content (AvgIpc) is 2.61. The third-order valence-corrected chi connectivity index (χ3v) is 3.30. The number of carbonyl (C=O) groups is 1. The molecule has 1 N–H and O–H groups in total. The molecule has 0 aromatic carbocycles. The van der Waals surface area contributed by atoms with Crippen LogP contribution in [0.5, 0.6) is 0 Å². The van der Waals surface area contributed by atoms with Crippen LogP contribution in [0.3, 0.4) is 0 Å². The highest BCUT2D eigenvalue weighted by atomic mass is 16.4. The van der Waals surface area contributed by atoms with E-state index in [4.69, 9.17) is 4.42 Å². The second kappa shape index (κ2) is 4.51. The van der Waals surface area contributed by atoms with Gasteiger partial charge in [0.05, 0.1) is 18.4 Å². The van der Waals surface area contributed by atoms with Crippen LogP contribution in [-0.4, -0.2) is 11.1 Å². The lowest BCUT2D eigenvalue weighted by Crippen LogP contribution is -2.20. The molecule has 2 rings (SSSR count). The highest BCUT2D eigenvalue weighted by Gasteiger charge is 2.30. The van der Waals surface area contributed by atoms with Crippen LogP contribution in [0.25, 0.3) is 0 Å². The summed E-state index contributed by atoms with van der Waals surface area (Å²) in [6.07, 6.45) is 8.38. The van der Waals surface area contributed by atoms with E-state index in [2.05, 4.69) is 0 Å². The Morgan fingerprint density at radius 1 is 1.33 bits per heavy atom. The fraction of sp³-hybridized carbons (Fsp3) is 0.583. The molecule has 15 heavy (non-hydrogen) atoms. The Labute approximate surface area is 89.1 Å². The van der Waals surface area contributed by atoms with E-state index >= 15 is 0 Å². The minimum absolute atomic E-state index is 0.142. The lowest BCUT2D eigenvalue weighted by molar-refractivity contribution is -0.142. The highest BCUT2D eigenvalue weighted by molar-refractivity contribution is 5.71. The van der Waals surface area contributed by atoms with E-state index in [0.717, 1.165) is 37.7 Å². The zero-order chi connectivity index (χ0) is 10.7. The maximum atomic E-state index is 11.2. The van der Waals surface area contributed by atoms with E-state index in [-0.39, 0.29) is 11.8 Å². The molecule has 1 aromatic heterocycles. The van der Waals surface area contributed by atoms with Gasteiger partial charge >= 0.3 is 5.97 Å². The summed E-state index contributed by atoms with van der Waals surface area (Å²) >= 11 is 0. The van der Waals surface area contributed by atoms with Gasteiger partial charge < -0.3 is 9.52 Å². The number of aliphatic carboxylic acids is 1. The van der Waals surface area contributed by atoms with Gasteiger partial charge in [0, 0.05) is 5.92 Å². The molecule has 0 amide bonds. The minimum Gasteiger partial charge on any atom is -0.481 e. The first-order valence-electron chi connectivity index (χ1n) is 5.54. The third kappa shape index (κ3) is 2.22. The molecular formula is C12H16O3. The number of carboxylic acids is 1. The van der Waals surface area contributed by atoms with E-state index in [1.807, 2.05) is 6.07 Å². The molecule has 0 aliphatic heterocycles. The summed E-state index contributed by atoms with van der Waals surface area (Å²) in [6, 6.07) is 1.89. The average molecular weight is 208 g/mol. The van der Waals surface area contributed by atoms with Crippen molar-refractivity contribution in [2.24, 2.45) is 5.92 Å². The van der Waals surface area contributed by atoms with Crippen molar-refractivity contribution in [1.29, 1.82) is 0 Å². The molecule has 2 unspecified atom stereocenters. The molecule has 1 aliphatic carbocycles. The van der Waals surface area contributed by atoms with Gasteiger partial charge in [-0.15, -0.1) is 0 Å². The van der Waals surface area contributed by atoms with Crippen LogP contribution in [0.2, 0.25) is 0 Å². The van der Waals surface area contributed by atoms with Gasteiger partial charge in [0.25, 0.3) is 0 Å². The van der Waals surface area contributed by atoms with Crippen LogP contribution in [0.4, 0.5) is 0 Å². The maximum Gasteiger partial charge on any atom is 0.307 e. The van der Waals surface area contributed by atoms with Gasteiger partial charge in [0.2, 0.25) is 0 Å². The van der Waals surface area contributed by atoms with Crippen LogP contribution in [-0.2, 0) is 4.79 Å². The number of hydrogen-bond acceptors (Lipinski definition) is 2. The van der Waals surface area contributed by atoms with Crippen LogP contribution in [0.15, 0.2) is 23.0 Å². The molecular weight excluding hydrogens is 192 g/mol. The summed E-state index contributed by atoms with van der Waals surface area (Å²) in [6.45, 7) is 0. The van der Waals surface area contributed by atoms with Crippen LogP contribution < -0.4 is 0 Å². The van der Waals surface area contributed by atoms with E-state index < -0.39 is 5.97 Å². The molecule has 0 saturated heterocycles. The van der Waals surface area contributed by atoms with E-state index in [9.17, 15) is 9.90 Å². The lowest BCUT2D eigenvalue weighted by Gasteiger charge is -2.19. The largest absolute Gasteiger partial charge is 0.481 e. The molecule has 1 fully saturated rings. The van der Waals surface area contributed by atoms with E-state index in [1.165, 1.54) is 0 Å². The Balaban J connectivity index is 2.20. The Morgan fingerprint density at radius 3 is 2.80 bits per heavy atom. The quantitative estimate of drug-likeness (QED) is 0.760. The molecule has 1 saturated carbocycles. The first-order valence-corrected chi connectivity index (χ1v) is 5.54. The zero-order valence-electron chi connectivity index (χ0n) is 8.69. The second-order valence-corrected chi connectivity index (χ2v) is 4.25. The van der Waals surface area contributed by atoms with Gasteiger partial charge in [-0.2, -0.15) is 0 Å². The number of hydrogen-bond donors (Lipinski definition) is 1. The predicted molar refractivity (Wildman–Crippen MR) is 55.7 cm³/mol. The Kier molecular flexibility index (Phi) is 3.09. The second-order valence-electron chi connectivity index (χ2n) is 4.25. The lowest BCUT2D eigenvalue weighted by atomic mass is 9.84. The molecule has 0 bridgehead atoms. The van der Waals surface area contributed by atoms with Gasteiger partial charge in [-0.05, 0) is 24.5 Å². The van der Waals surface area contributed by atoms with Crippen LogP contribution >= 0.6 is 0 Å². The monoisotopic (exact) mass is 208 g/mol. The van der Waals surface area contributed by atoms with Crippen molar-refractivity contribution in [2.75, 3.05) is 0 Å². The van der Waals surface area contributed by atoms with Crippen molar-refractivity contribution in [3.05, 3.63) is 24.2 Å². The molecule has 3 nitrogen and oxygen atoms in total. The first kappa shape index (κ1) is 10.3. The molecule has 1 heterocycles. The minimum atomic E-state index is -0.664. The van der Waals surface area contributed by atoms with Crippen molar-refractivity contribution >= 4 is 5.97 Å². The van der Waals surface area contributed by atoms with Gasteiger partial charge in [-0.1, -0.05) is 19.3 Å². The summed E-state index contributed by atoms with van der Waals surface area (Å²) in [5, 5.41) is 9.20. The van der Waals surface area contributed by atoms with Crippen molar-refractivity contribution in [3.8, 4) is 0 Å². The van der Waals surface area contributed by atoms with Gasteiger partial charge in [0.1, 0.15) is 0 Å². The molecule has 1 aromatic rings. The standard InChI is InChI=1S/C12H16O3/c13-12(14)11-5-3-1-2-4-10(11)9-6-7-15-8-9/h6-8,10-11H,1-5H2,(H,13,14). The first-order chi connectivity index (χ1) is 7.29. The maximum absolute atomic E-state index is 11.2. The van der Waals surface area contributed by atoms with E-state index in [1.54, 1.807) is 12.5 Å². The molecule has 1 aliphatic rings. The molecule has 0 spiro atoms. The molecule has 0 radical (unpaired) electrons. The normalized spacial score (nSPS) is 27.2. The molecule has 3 heteroatoms. The number of carboxylic acid groups (broad SMARTS) is 1. The number of rotatable bonds is 2. The molecule has 2 atom stereocenters. The summed E-state index contributed by atoms with van der Waals surface area (Å²) in [5.74, 6) is -0.753. The predicted octanol–water partition coefficient (Wildman–Crippen LogP) is 3.03. The zero-order valence-corrected chi connectivity index (χ0v) is 8.69. The van der Waals surface area contributed by atoms with Crippen LogP contribution in [0.1, 0.15) is 43.6 Å². The summed E-state index contributed by atoms with van der Waals surface area (Å²) in [4.78, 5) is 11.2. The Morgan fingerprint density at radius 2 is 2.13 bits per heavy atom. The van der Waals surface area contributed by atoms with Crippen molar-refractivity contribution in [2.45, 2.75) is 38.0 Å². The van der Waals surface area contributed by atoms with Crippen molar-refractivity contribution in [1.82, 2.24) is 0 Å². The van der Waals surface area contributed by atoms with Gasteiger partial charge in [-0.25, -0.2) is 0 Å². The fourth-order valence-electron chi connectivity index (χ4n) is 2.49. The summed E-state index contributed by atoms with van der Waals surface area (Å²) in [5.41, 5.74) is 1.05. The SMILES string of the molecule is O=C(O)C1CCCCCC1c1ccoc1.